The van der Waals surface area contributed by atoms with Gasteiger partial charge in [-0.3, -0.25) is 0 Å². The van der Waals surface area contributed by atoms with E-state index in [2.05, 4.69) is 34.2 Å². The molecule has 1 aromatic heterocycles. The number of hydrogen-bond donors (Lipinski definition) is 1. The summed E-state index contributed by atoms with van der Waals surface area (Å²) >= 11 is 5.56. The molecule has 0 bridgehead atoms. The summed E-state index contributed by atoms with van der Waals surface area (Å²) in [7, 11) is 0. The van der Waals surface area contributed by atoms with Crippen molar-refractivity contribution in [2.45, 2.75) is 51.5 Å². The van der Waals surface area contributed by atoms with E-state index in [4.69, 9.17) is 0 Å². The van der Waals surface area contributed by atoms with Crippen molar-refractivity contribution in [2.24, 2.45) is 0 Å². The molecule has 1 N–H and O–H groups in total. The summed E-state index contributed by atoms with van der Waals surface area (Å²) in [4.78, 5) is 2.94. The van der Waals surface area contributed by atoms with Crippen LogP contribution in [0.3, 0.4) is 0 Å². The second-order valence-corrected chi connectivity index (χ2v) is 6.86. The minimum Gasteiger partial charge on any atom is -0.314 e. The van der Waals surface area contributed by atoms with E-state index < -0.39 is 0 Å². The van der Waals surface area contributed by atoms with Crippen LogP contribution in [-0.4, -0.2) is 12.6 Å². The molecule has 1 heterocycles. The van der Waals surface area contributed by atoms with Crippen molar-refractivity contribution < 1.29 is 0 Å². The highest BCUT2D eigenvalue weighted by Gasteiger charge is 2.19. The third-order valence-electron chi connectivity index (χ3n) is 2.97. The Balaban J connectivity index is 1.54. The van der Waals surface area contributed by atoms with Crippen LogP contribution in [0.15, 0.2) is 10.5 Å². The first-order chi connectivity index (χ1) is 7.75. The first kappa shape index (κ1) is 12.6. The Bertz CT molecular complexity index is 331. The quantitative estimate of drug-likeness (QED) is 0.741. The molecule has 0 spiro atoms. The van der Waals surface area contributed by atoms with Crippen molar-refractivity contribution in [3.8, 4) is 0 Å². The second kappa shape index (κ2) is 6.18. The van der Waals surface area contributed by atoms with Crippen molar-refractivity contribution in [2.75, 3.05) is 6.54 Å². The average Bonchev–Trinajstić information content (AvgIpc) is 2.99. The van der Waals surface area contributed by atoms with E-state index >= 15 is 0 Å². The summed E-state index contributed by atoms with van der Waals surface area (Å²) in [6.45, 7) is 3.40. The van der Waals surface area contributed by atoms with E-state index in [1.807, 2.05) is 11.3 Å². The Morgan fingerprint density at radius 2 is 2.19 bits per heavy atom. The minimum atomic E-state index is 0.870. The Kier molecular flexibility index (Phi) is 4.86. The zero-order valence-corrected chi connectivity index (χ0v) is 12.3. The maximum atomic E-state index is 3.63. The Labute approximate surface area is 111 Å². The number of rotatable bonds is 7. The molecule has 1 aliphatic carbocycles. The molecular weight excluding hydrogens is 282 g/mol. The van der Waals surface area contributed by atoms with Crippen LogP contribution < -0.4 is 5.32 Å². The lowest BCUT2D eigenvalue weighted by Gasteiger charge is -2.02. The third-order valence-corrected chi connectivity index (χ3v) is 5.05. The fourth-order valence-corrected chi connectivity index (χ4v) is 3.79. The fourth-order valence-electron chi connectivity index (χ4n) is 1.88. The summed E-state index contributed by atoms with van der Waals surface area (Å²) in [5.41, 5.74) is 0. The molecule has 2 rings (SSSR count). The number of hydrogen-bond acceptors (Lipinski definition) is 2. The maximum Gasteiger partial charge on any atom is 0.0317 e. The van der Waals surface area contributed by atoms with Gasteiger partial charge in [0.05, 0.1) is 0 Å². The highest BCUT2D eigenvalue weighted by Crippen LogP contribution is 2.28. The fraction of sp³-hybridized carbons (Fsp3) is 0.692. The van der Waals surface area contributed by atoms with Crippen LogP contribution >= 0.6 is 27.3 Å². The number of aryl methyl sites for hydroxylation is 2. The van der Waals surface area contributed by atoms with Gasteiger partial charge in [0.1, 0.15) is 0 Å². The summed E-state index contributed by atoms with van der Waals surface area (Å²) in [5.74, 6) is 0. The van der Waals surface area contributed by atoms with Crippen LogP contribution in [0, 0.1) is 6.92 Å². The van der Waals surface area contributed by atoms with E-state index in [0.717, 1.165) is 6.04 Å². The summed E-state index contributed by atoms with van der Waals surface area (Å²) in [6.07, 6.45) is 8.05. The molecule has 1 aliphatic rings. The topological polar surface area (TPSA) is 12.0 Å². The van der Waals surface area contributed by atoms with Crippen molar-refractivity contribution >= 4 is 27.3 Å². The first-order valence-corrected chi connectivity index (χ1v) is 7.85. The van der Waals surface area contributed by atoms with Gasteiger partial charge in [-0.15, -0.1) is 11.3 Å². The van der Waals surface area contributed by atoms with Gasteiger partial charge in [0.2, 0.25) is 0 Å². The molecule has 0 radical (unpaired) electrons. The van der Waals surface area contributed by atoms with Crippen LogP contribution in [-0.2, 0) is 6.42 Å². The lowest BCUT2D eigenvalue weighted by molar-refractivity contribution is 0.601. The molecule has 16 heavy (non-hydrogen) atoms. The highest BCUT2D eigenvalue weighted by molar-refractivity contribution is 9.10. The Morgan fingerprint density at radius 3 is 2.81 bits per heavy atom. The van der Waals surface area contributed by atoms with Crippen LogP contribution in [0.1, 0.15) is 41.9 Å². The third kappa shape index (κ3) is 4.19. The van der Waals surface area contributed by atoms with E-state index in [1.165, 1.54) is 59.3 Å². The van der Waals surface area contributed by atoms with Gasteiger partial charge in [-0.25, -0.2) is 0 Å². The van der Waals surface area contributed by atoms with E-state index in [-0.39, 0.29) is 0 Å². The van der Waals surface area contributed by atoms with Gasteiger partial charge in [-0.05, 0) is 67.6 Å². The largest absolute Gasteiger partial charge is 0.314 e. The lowest BCUT2D eigenvalue weighted by atomic mass is 10.2. The smallest absolute Gasteiger partial charge is 0.0317 e. The highest BCUT2D eigenvalue weighted by atomic mass is 79.9. The SMILES string of the molecule is Cc1cc(Br)c(CCCCCNC2CC2)s1. The van der Waals surface area contributed by atoms with Crippen LogP contribution in [0.4, 0.5) is 0 Å². The number of halogens is 1. The second-order valence-electron chi connectivity index (χ2n) is 4.67. The number of thiophene rings is 1. The summed E-state index contributed by atoms with van der Waals surface area (Å²) in [6, 6.07) is 3.10. The minimum absolute atomic E-state index is 0.870. The van der Waals surface area contributed by atoms with E-state index in [0.29, 0.717) is 0 Å². The van der Waals surface area contributed by atoms with Gasteiger partial charge in [0.15, 0.2) is 0 Å². The van der Waals surface area contributed by atoms with Gasteiger partial charge in [-0.2, -0.15) is 0 Å². The Hall–Kier alpha value is 0.140. The van der Waals surface area contributed by atoms with Gasteiger partial charge in [0.25, 0.3) is 0 Å². The lowest BCUT2D eigenvalue weighted by Crippen LogP contribution is -2.17. The first-order valence-electron chi connectivity index (χ1n) is 6.24. The number of unbranched alkanes of at least 4 members (excludes halogenated alkanes) is 2. The van der Waals surface area contributed by atoms with Gasteiger partial charge in [0, 0.05) is 20.3 Å². The standard InChI is InChI=1S/C13H20BrNS/c1-10-9-12(14)13(16-10)5-3-2-4-8-15-11-6-7-11/h9,11,15H,2-8H2,1H3. The predicted molar refractivity (Wildman–Crippen MR) is 75.3 cm³/mol. The summed E-state index contributed by atoms with van der Waals surface area (Å²) < 4.78 is 1.31. The van der Waals surface area contributed by atoms with Crippen molar-refractivity contribution in [1.29, 1.82) is 0 Å². The monoisotopic (exact) mass is 301 g/mol. The summed E-state index contributed by atoms with van der Waals surface area (Å²) in [5, 5.41) is 3.56. The van der Waals surface area contributed by atoms with Crippen LogP contribution in [0.5, 0.6) is 0 Å². The van der Waals surface area contributed by atoms with Crippen LogP contribution in [0.25, 0.3) is 0 Å². The molecule has 90 valence electrons. The van der Waals surface area contributed by atoms with Gasteiger partial charge < -0.3 is 5.32 Å². The number of nitrogens with one attached hydrogen (secondary N) is 1. The normalized spacial score (nSPS) is 15.6. The molecule has 3 heteroatoms. The molecule has 0 aromatic carbocycles. The van der Waals surface area contributed by atoms with E-state index in [1.54, 1.807) is 0 Å². The van der Waals surface area contributed by atoms with Crippen molar-refractivity contribution in [3.63, 3.8) is 0 Å². The molecule has 1 fully saturated rings. The van der Waals surface area contributed by atoms with Gasteiger partial charge in [-0.1, -0.05) is 6.42 Å². The Morgan fingerprint density at radius 1 is 1.38 bits per heavy atom. The van der Waals surface area contributed by atoms with Gasteiger partial charge >= 0.3 is 0 Å². The zero-order chi connectivity index (χ0) is 11.4. The molecule has 1 nitrogen and oxygen atoms in total. The molecule has 1 saturated carbocycles. The molecule has 0 atom stereocenters. The molecule has 1 aromatic rings. The molecule has 0 amide bonds. The maximum absolute atomic E-state index is 3.63. The molecule has 0 unspecified atom stereocenters. The van der Waals surface area contributed by atoms with Crippen LogP contribution in [0.2, 0.25) is 0 Å². The van der Waals surface area contributed by atoms with Crippen molar-refractivity contribution in [1.82, 2.24) is 5.32 Å². The molecular formula is C13H20BrNS. The zero-order valence-electron chi connectivity index (χ0n) is 9.89. The predicted octanol–water partition coefficient (Wildman–Crippen LogP) is 4.28. The van der Waals surface area contributed by atoms with Crippen molar-refractivity contribution in [3.05, 3.63) is 20.3 Å². The van der Waals surface area contributed by atoms with E-state index in [9.17, 15) is 0 Å². The molecule has 0 aliphatic heterocycles. The molecule has 0 saturated heterocycles. The average molecular weight is 302 g/mol.